The zero-order chi connectivity index (χ0) is 9.15. The summed E-state index contributed by atoms with van der Waals surface area (Å²) in [7, 11) is 0. The van der Waals surface area contributed by atoms with Gasteiger partial charge in [0.2, 0.25) is 0 Å². The third-order valence-electron chi connectivity index (χ3n) is 2.59. The maximum atomic E-state index is 10.4. The van der Waals surface area contributed by atoms with Crippen molar-refractivity contribution in [3.05, 3.63) is 12.2 Å². The minimum absolute atomic E-state index is 0.387. The first-order chi connectivity index (χ1) is 6.31. The molecule has 0 aromatic rings. The number of rotatable bonds is 1. The first-order valence-electron chi connectivity index (χ1n) is 4.94. The Morgan fingerprint density at radius 2 is 2.00 bits per heavy atom. The lowest BCUT2D eigenvalue weighted by Crippen LogP contribution is -2.39. The largest absolute Gasteiger partial charge is 0.384 e. The smallest absolute Gasteiger partial charge is 0.104 e. The topological polar surface area (TPSA) is 20.2 Å². The van der Waals surface area contributed by atoms with Crippen molar-refractivity contribution in [3.63, 3.8) is 0 Å². The molecule has 0 aromatic heterocycles. The molecule has 0 spiro atoms. The van der Waals surface area contributed by atoms with Crippen molar-refractivity contribution >= 4 is 23.5 Å². The van der Waals surface area contributed by atoms with Crippen LogP contribution in [0, 0.1) is 0 Å². The Morgan fingerprint density at radius 3 is 2.62 bits per heavy atom. The maximum Gasteiger partial charge on any atom is 0.104 e. The predicted octanol–water partition coefficient (Wildman–Crippen LogP) is 2.65. The molecule has 0 unspecified atom stereocenters. The number of aliphatic hydroxyl groups is 1. The van der Waals surface area contributed by atoms with Gasteiger partial charge >= 0.3 is 0 Å². The van der Waals surface area contributed by atoms with E-state index in [2.05, 4.69) is 6.08 Å². The van der Waals surface area contributed by atoms with E-state index >= 15 is 0 Å². The lowest BCUT2D eigenvalue weighted by atomic mass is 9.93. The molecule has 13 heavy (non-hydrogen) atoms. The number of hydrogen-bond acceptors (Lipinski definition) is 3. The molecule has 2 aliphatic rings. The molecule has 2 rings (SSSR count). The molecule has 3 heteroatoms. The fraction of sp³-hybridized carbons (Fsp3) is 0.800. The van der Waals surface area contributed by atoms with Crippen LogP contribution in [0.25, 0.3) is 0 Å². The molecular weight excluding hydrogens is 200 g/mol. The molecule has 0 saturated carbocycles. The second-order valence-corrected chi connectivity index (χ2v) is 6.44. The van der Waals surface area contributed by atoms with Crippen LogP contribution >= 0.6 is 23.5 Å². The Kier molecular flexibility index (Phi) is 3.27. The van der Waals surface area contributed by atoms with Crippen molar-refractivity contribution in [2.24, 2.45) is 0 Å². The molecule has 1 atom stereocenters. The van der Waals surface area contributed by atoms with E-state index in [-0.39, 0.29) is 0 Å². The van der Waals surface area contributed by atoms with Gasteiger partial charge < -0.3 is 5.11 Å². The van der Waals surface area contributed by atoms with Gasteiger partial charge in [0.1, 0.15) is 5.60 Å². The number of allylic oxidation sites excluding steroid dienone is 1. The second kappa shape index (κ2) is 4.28. The summed E-state index contributed by atoms with van der Waals surface area (Å²) in [6.45, 7) is 0. The van der Waals surface area contributed by atoms with Crippen LogP contribution in [0.15, 0.2) is 12.2 Å². The van der Waals surface area contributed by atoms with E-state index in [1.54, 1.807) is 0 Å². The van der Waals surface area contributed by atoms with Gasteiger partial charge in [0.15, 0.2) is 0 Å². The molecule has 0 bridgehead atoms. The van der Waals surface area contributed by atoms with E-state index in [1.807, 2.05) is 29.6 Å². The second-order valence-electron chi connectivity index (χ2n) is 3.71. The molecule has 0 amide bonds. The molecule has 0 aromatic carbocycles. The van der Waals surface area contributed by atoms with Crippen molar-refractivity contribution in [1.29, 1.82) is 0 Å². The van der Waals surface area contributed by atoms with E-state index in [4.69, 9.17) is 0 Å². The first-order valence-corrected chi connectivity index (χ1v) is 7.04. The van der Waals surface area contributed by atoms with E-state index < -0.39 is 5.60 Å². The first kappa shape index (κ1) is 9.94. The Bertz CT molecular complexity index is 199. The monoisotopic (exact) mass is 216 g/mol. The average molecular weight is 216 g/mol. The van der Waals surface area contributed by atoms with Crippen molar-refractivity contribution in [1.82, 2.24) is 0 Å². The quantitative estimate of drug-likeness (QED) is 0.681. The summed E-state index contributed by atoms with van der Waals surface area (Å²) in [5.74, 6) is 2.43. The van der Waals surface area contributed by atoms with Crippen LogP contribution in [0.3, 0.4) is 0 Å². The van der Waals surface area contributed by atoms with Crippen LogP contribution in [0.1, 0.15) is 25.7 Å². The fourth-order valence-electron chi connectivity index (χ4n) is 1.85. The zero-order valence-corrected chi connectivity index (χ0v) is 9.37. The highest BCUT2D eigenvalue weighted by Gasteiger charge is 2.36. The maximum absolute atomic E-state index is 10.4. The Morgan fingerprint density at radius 1 is 1.23 bits per heavy atom. The van der Waals surface area contributed by atoms with Crippen molar-refractivity contribution in [3.8, 4) is 0 Å². The van der Waals surface area contributed by atoms with Crippen molar-refractivity contribution in [2.75, 3.05) is 11.5 Å². The SMILES string of the molecule is O[C@@]1(C2SCCCS2)C=CCCC1. The Labute approximate surface area is 88.4 Å². The van der Waals surface area contributed by atoms with E-state index in [9.17, 15) is 5.11 Å². The van der Waals surface area contributed by atoms with Crippen LogP contribution in [0.4, 0.5) is 0 Å². The van der Waals surface area contributed by atoms with Gasteiger partial charge in [-0.3, -0.25) is 0 Å². The van der Waals surface area contributed by atoms with Gasteiger partial charge in [-0.2, -0.15) is 0 Å². The van der Waals surface area contributed by atoms with Gasteiger partial charge in [-0.05, 0) is 37.2 Å². The van der Waals surface area contributed by atoms with Gasteiger partial charge in [0, 0.05) is 0 Å². The van der Waals surface area contributed by atoms with Gasteiger partial charge in [-0.1, -0.05) is 12.2 Å². The highest BCUT2D eigenvalue weighted by atomic mass is 32.2. The highest BCUT2D eigenvalue weighted by molar-refractivity contribution is 8.17. The van der Waals surface area contributed by atoms with E-state index in [0.29, 0.717) is 4.58 Å². The lowest BCUT2D eigenvalue weighted by molar-refractivity contribution is 0.0918. The van der Waals surface area contributed by atoms with Crippen molar-refractivity contribution in [2.45, 2.75) is 35.9 Å². The minimum atomic E-state index is -0.506. The van der Waals surface area contributed by atoms with Gasteiger partial charge in [0.05, 0.1) is 4.58 Å². The molecule has 1 N–H and O–H groups in total. The lowest BCUT2D eigenvalue weighted by Gasteiger charge is -2.36. The highest BCUT2D eigenvalue weighted by Crippen LogP contribution is 2.42. The summed E-state index contributed by atoms with van der Waals surface area (Å²) in [4.78, 5) is 0. The molecule has 1 heterocycles. The number of hydrogen-bond donors (Lipinski definition) is 1. The third-order valence-corrected chi connectivity index (χ3v) is 5.88. The average Bonchev–Trinajstić information content (AvgIpc) is 2.20. The standard InChI is InChI=1S/C10H16OS2/c11-10(5-2-1-3-6-10)9-12-7-4-8-13-9/h2,5,9,11H,1,3-4,6-8H2/t10-/m0/s1. The summed E-state index contributed by atoms with van der Waals surface area (Å²) in [6, 6.07) is 0. The molecule has 1 fully saturated rings. The summed E-state index contributed by atoms with van der Waals surface area (Å²) < 4.78 is 0.387. The molecule has 0 radical (unpaired) electrons. The molecular formula is C10H16OS2. The van der Waals surface area contributed by atoms with Crippen LogP contribution in [0.2, 0.25) is 0 Å². The van der Waals surface area contributed by atoms with Crippen LogP contribution in [-0.4, -0.2) is 26.8 Å². The predicted molar refractivity (Wildman–Crippen MR) is 61.3 cm³/mol. The van der Waals surface area contributed by atoms with Crippen LogP contribution < -0.4 is 0 Å². The summed E-state index contributed by atoms with van der Waals surface area (Å²) in [6.07, 6.45) is 8.71. The Balaban J connectivity index is 2.03. The molecule has 74 valence electrons. The normalized spacial score (nSPS) is 36.4. The van der Waals surface area contributed by atoms with Gasteiger partial charge in [0.25, 0.3) is 0 Å². The summed E-state index contributed by atoms with van der Waals surface area (Å²) in [5.41, 5.74) is -0.506. The minimum Gasteiger partial charge on any atom is -0.384 e. The zero-order valence-electron chi connectivity index (χ0n) is 7.74. The third kappa shape index (κ3) is 2.25. The molecule has 1 aliphatic heterocycles. The number of thioether (sulfide) groups is 2. The van der Waals surface area contributed by atoms with Gasteiger partial charge in [-0.25, -0.2) is 0 Å². The summed E-state index contributed by atoms with van der Waals surface area (Å²) >= 11 is 3.86. The summed E-state index contributed by atoms with van der Waals surface area (Å²) in [5, 5.41) is 10.4. The molecule has 1 aliphatic carbocycles. The van der Waals surface area contributed by atoms with Crippen LogP contribution in [-0.2, 0) is 0 Å². The molecule has 1 nitrogen and oxygen atoms in total. The van der Waals surface area contributed by atoms with Crippen molar-refractivity contribution < 1.29 is 5.11 Å². The van der Waals surface area contributed by atoms with Crippen LogP contribution in [0.5, 0.6) is 0 Å². The fourth-order valence-corrected chi connectivity index (χ4v) is 5.01. The van der Waals surface area contributed by atoms with E-state index in [1.165, 1.54) is 17.9 Å². The Hall–Kier alpha value is 0.400. The van der Waals surface area contributed by atoms with Gasteiger partial charge in [-0.15, -0.1) is 23.5 Å². The molecule has 1 saturated heterocycles. The van der Waals surface area contributed by atoms with E-state index in [0.717, 1.165) is 19.3 Å².